The summed E-state index contributed by atoms with van der Waals surface area (Å²) >= 11 is 12.2. The number of carbonyl (C=O) groups excluding carboxylic acids is 1. The number of hydrogen-bond donors (Lipinski definition) is 0. The van der Waals surface area contributed by atoms with Crippen LogP contribution in [0, 0.1) is 0 Å². The molecule has 0 atom stereocenters. The summed E-state index contributed by atoms with van der Waals surface area (Å²) in [6.07, 6.45) is -4.83. The van der Waals surface area contributed by atoms with Gasteiger partial charge in [0.25, 0.3) is 5.91 Å². The van der Waals surface area contributed by atoms with Gasteiger partial charge in [-0.15, -0.1) is 0 Å². The van der Waals surface area contributed by atoms with E-state index in [0.717, 1.165) is 5.69 Å². The second-order valence-corrected chi connectivity index (χ2v) is 7.78. The molecule has 1 fully saturated rings. The maximum Gasteiger partial charge on any atom is 0.468 e. The zero-order valence-electron chi connectivity index (χ0n) is 16.0. The van der Waals surface area contributed by atoms with E-state index >= 15 is 0 Å². The number of anilines is 1. The molecule has 0 radical (unpaired) electrons. The standard InChI is InChI=1S/C21H16Cl2F3N3O2/c22-13-4-3-5-14(12-13)28-8-10-29(11-9-28)19(30)18-17(15-6-1-2-7-16(15)23)27-20(31-18)21(24,25)26/h1-7,12H,8-11H2. The fourth-order valence-electron chi connectivity index (χ4n) is 3.41. The second kappa shape index (κ2) is 8.43. The fraction of sp³-hybridized carbons (Fsp3) is 0.238. The Morgan fingerprint density at radius 1 is 1.00 bits per heavy atom. The summed E-state index contributed by atoms with van der Waals surface area (Å²) in [5, 5.41) is 0.770. The van der Waals surface area contributed by atoms with Gasteiger partial charge in [0, 0.05) is 42.5 Å². The Hall–Kier alpha value is -2.71. The highest BCUT2D eigenvalue weighted by molar-refractivity contribution is 6.33. The lowest BCUT2D eigenvalue weighted by atomic mass is 10.1. The number of aromatic nitrogens is 1. The van der Waals surface area contributed by atoms with Crippen molar-refractivity contribution < 1.29 is 22.4 Å². The van der Waals surface area contributed by atoms with Crippen LogP contribution < -0.4 is 4.90 Å². The molecule has 5 nitrogen and oxygen atoms in total. The lowest BCUT2D eigenvalue weighted by molar-refractivity contribution is -0.157. The average molecular weight is 470 g/mol. The van der Waals surface area contributed by atoms with E-state index < -0.39 is 23.7 Å². The number of alkyl halides is 3. The Kier molecular flexibility index (Phi) is 5.85. The maximum absolute atomic E-state index is 13.2. The molecule has 4 rings (SSSR count). The minimum absolute atomic E-state index is 0.171. The van der Waals surface area contributed by atoms with E-state index in [2.05, 4.69) is 4.98 Å². The van der Waals surface area contributed by atoms with Gasteiger partial charge in [-0.1, -0.05) is 47.5 Å². The number of oxazole rings is 1. The molecule has 1 aromatic heterocycles. The molecular formula is C21H16Cl2F3N3O2. The summed E-state index contributed by atoms with van der Waals surface area (Å²) in [7, 11) is 0. The smallest absolute Gasteiger partial charge is 0.427 e. The molecule has 1 amide bonds. The quantitative estimate of drug-likeness (QED) is 0.498. The maximum atomic E-state index is 13.2. The highest BCUT2D eigenvalue weighted by Gasteiger charge is 2.41. The molecule has 0 N–H and O–H groups in total. The number of rotatable bonds is 3. The Morgan fingerprint density at radius 3 is 2.35 bits per heavy atom. The van der Waals surface area contributed by atoms with Crippen LogP contribution in [0.4, 0.5) is 18.9 Å². The van der Waals surface area contributed by atoms with Gasteiger partial charge in [-0.2, -0.15) is 13.2 Å². The third-order valence-electron chi connectivity index (χ3n) is 4.93. The first-order chi connectivity index (χ1) is 14.7. The highest BCUT2D eigenvalue weighted by Crippen LogP contribution is 2.36. The van der Waals surface area contributed by atoms with Crippen LogP contribution in [0.25, 0.3) is 11.3 Å². The van der Waals surface area contributed by atoms with E-state index in [1.165, 1.54) is 17.0 Å². The molecule has 2 aromatic carbocycles. The normalized spacial score (nSPS) is 14.7. The Morgan fingerprint density at radius 2 is 1.71 bits per heavy atom. The van der Waals surface area contributed by atoms with E-state index in [-0.39, 0.29) is 16.3 Å². The number of piperazine rings is 1. The summed E-state index contributed by atoms with van der Waals surface area (Å²) < 4.78 is 44.6. The first-order valence-corrected chi connectivity index (χ1v) is 10.1. The molecule has 1 aliphatic heterocycles. The van der Waals surface area contributed by atoms with Crippen molar-refractivity contribution in [3.8, 4) is 11.3 Å². The predicted octanol–water partition coefficient (Wildman–Crippen LogP) is 5.63. The monoisotopic (exact) mass is 469 g/mol. The van der Waals surface area contributed by atoms with Gasteiger partial charge in [0.05, 0.1) is 5.02 Å². The van der Waals surface area contributed by atoms with Crippen LogP contribution in [-0.4, -0.2) is 42.0 Å². The summed E-state index contributed by atoms with van der Waals surface area (Å²) in [4.78, 5) is 20.1. The molecule has 0 saturated carbocycles. The number of amides is 1. The van der Waals surface area contributed by atoms with Crippen LogP contribution in [0.3, 0.4) is 0 Å². The topological polar surface area (TPSA) is 49.6 Å². The van der Waals surface area contributed by atoms with Gasteiger partial charge in [-0.05, 0) is 24.3 Å². The molecule has 2 heterocycles. The zero-order valence-corrected chi connectivity index (χ0v) is 17.5. The molecule has 1 saturated heterocycles. The van der Waals surface area contributed by atoms with E-state index in [1.54, 1.807) is 18.2 Å². The largest absolute Gasteiger partial charge is 0.468 e. The first-order valence-electron chi connectivity index (χ1n) is 9.37. The fourth-order valence-corrected chi connectivity index (χ4v) is 3.82. The van der Waals surface area contributed by atoms with Gasteiger partial charge in [0.2, 0.25) is 5.76 Å². The van der Waals surface area contributed by atoms with Crippen LogP contribution >= 0.6 is 23.2 Å². The number of carbonyl (C=O) groups is 1. The lowest BCUT2D eigenvalue weighted by Crippen LogP contribution is -2.48. The van der Waals surface area contributed by atoms with Crippen LogP contribution in [0.2, 0.25) is 10.0 Å². The average Bonchev–Trinajstić information content (AvgIpc) is 3.19. The van der Waals surface area contributed by atoms with Crippen molar-refractivity contribution in [2.24, 2.45) is 0 Å². The van der Waals surface area contributed by atoms with E-state index in [0.29, 0.717) is 31.2 Å². The molecular weight excluding hydrogens is 454 g/mol. The molecule has 0 aliphatic carbocycles. The van der Waals surface area contributed by atoms with Gasteiger partial charge >= 0.3 is 12.1 Å². The summed E-state index contributed by atoms with van der Waals surface area (Å²) in [6.45, 7) is 1.59. The molecule has 0 bridgehead atoms. The summed E-state index contributed by atoms with van der Waals surface area (Å²) in [5.41, 5.74) is 0.889. The summed E-state index contributed by atoms with van der Waals surface area (Å²) in [6, 6.07) is 13.6. The zero-order chi connectivity index (χ0) is 22.2. The van der Waals surface area contributed by atoms with Crippen molar-refractivity contribution in [2.45, 2.75) is 6.18 Å². The third kappa shape index (κ3) is 4.50. The minimum Gasteiger partial charge on any atom is -0.427 e. The molecule has 0 spiro atoms. The number of benzene rings is 2. The first kappa shape index (κ1) is 21.5. The Balaban J connectivity index is 1.60. The number of nitrogens with zero attached hydrogens (tertiary/aromatic N) is 3. The van der Waals surface area contributed by atoms with E-state index in [9.17, 15) is 18.0 Å². The minimum atomic E-state index is -4.83. The van der Waals surface area contributed by atoms with Crippen molar-refractivity contribution >= 4 is 34.8 Å². The van der Waals surface area contributed by atoms with Gasteiger partial charge in [-0.3, -0.25) is 4.79 Å². The predicted molar refractivity (Wildman–Crippen MR) is 112 cm³/mol. The van der Waals surface area contributed by atoms with E-state index in [1.807, 2.05) is 23.1 Å². The van der Waals surface area contributed by atoms with Crippen molar-refractivity contribution in [1.29, 1.82) is 0 Å². The van der Waals surface area contributed by atoms with Crippen molar-refractivity contribution in [2.75, 3.05) is 31.1 Å². The molecule has 3 aromatic rings. The number of halogens is 5. The SMILES string of the molecule is O=C(c1oc(C(F)(F)F)nc1-c1ccccc1Cl)N1CCN(c2cccc(Cl)c2)CC1. The van der Waals surface area contributed by atoms with Gasteiger partial charge in [-0.25, -0.2) is 4.98 Å². The van der Waals surface area contributed by atoms with Gasteiger partial charge in [0.1, 0.15) is 5.69 Å². The van der Waals surface area contributed by atoms with Gasteiger partial charge < -0.3 is 14.2 Å². The lowest BCUT2D eigenvalue weighted by Gasteiger charge is -2.35. The Labute approximate surface area is 186 Å². The molecule has 162 valence electrons. The van der Waals surface area contributed by atoms with Crippen LogP contribution in [-0.2, 0) is 6.18 Å². The van der Waals surface area contributed by atoms with Crippen LogP contribution in [0.5, 0.6) is 0 Å². The van der Waals surface area contributed by atoms with Crippen molar-refractivity contribution in [1.82, 2.24) is 9.88 Å². The third-order valence-corrected chi connectivity index (χ3v) is 5.50. The molecule has 10 heteroatoms. The molecule has 31 heavy (non-hydrogen) atoms. The summed E-state index contributed by atoms with van der Waals surface area (Å²) in [5.74, 6) is -2.62. The molecule has 0 unspecified atom stereocenters. The number of hydrogen-bond acceptors (Lipinski definition) is 4. The van der Waals surface area contributed by atoms with Crippen LogP contribution in [0.1, 0.15) is 16.4 Å². The highest BCUT2D eigenvalue weighted by atomic mass is 35.5. The van der Waals surface area contributed by atoms with E-state index in [4.69, 9.17) is 27.6 Å². The second-order valence-electron chi connectivity index (χ2n) is 6.93. The van der Waals surface area contributed by atoms with Crippen molar-refractivity contribution in [3.63, 3.8) is 0 Å². The molecule has 1 aliphatic rings. The van der Waals surface area contributed by atoms with Crippen molar-refractivity contribution in [3.05, 3.63) is 70.2 Å². The van der Waals surface area contributed by atoms with Gasteiger partial charge in [0.15, 0.2) is 0 Å². The Bertz CT molecular complexity index is 1110. The van der Waals surface area contributed by atoms with Crippen LogP contribution in [0.15, 0.2) is 52.9 Å².